The number of alkyl halides is 2. The van der Waals surface area contributed by atoms with E-state index in [4.69, 9.17) is 9.26 Å². The summed E-state index contributed by atoms with van der Waals surface area (Å²) in [4.78, 5) is 6.37. The lowest BCUT2D eigenvalue weighted by Gasteiger charge is -2.28. The summed E-state index contributed by atoms with van der Waals surface area (Å²) in [5, 5.41) is 13.6. The maximum absolute atomic E-state index is 12.4. The second kappa shape index (κ2) is 7.75. The van der Waals surface area contributed by atoms with Crippen molar-refractivity contribution < 1.29 is 27.9 Å². The third-order valence-electron chi connectivity index (χ3n) is 3.95. The van der Waals surface area contributed by atoms with E-state index in [9.17, 15) is 13.9 Å². The molecule has 136 valence electrons. The van der Waals surface area contributed by atoms with E-state index >= 15 is 0 Å². The van der Waals surface area contributed by atoms with Crippen LogP contribution in [0.1, 0.15) is 18.7 Å². The number of β-amino-alcohol motifs (C(OH)–C–C–N with tert-alkyl or cyclic N) is 1. The standard InChI is InChI=1S/C16H19F2N3O4/c1-23-13-7-10(4-5-12(13)24-16(17)18)15-19-14(25-20-15)9-21-6-2-3-11(22)8-21/h4-5,7,11,16,22H,2-3,6,8-9H2,1H3/t11-/m0/s1. The molecule has 0 aliphatic carbocycles. The number of aliphatic hydroxyl groups excluding tert-OH is 1. The summed E-state index contributed by atoms with van der Waals surface area (Å²) in [6.45, 7) is -1.04. The normalized spacial score (nSPS) is 18.5. The van der Waals surface area contributed by atoms with Gasteiger partial charge in [-0.2, -0.15) is 13.8 Å². The van der Waals surface area contributed by atoms with Crippen LogP contribution >= 0.6 is 0 Å². The van der Waals surface area contributed by atoms with Crippen LogP contribution in [0.4, 0.5) is 8.78 Å². The quantitative estimate of drug-likeness (QED) is 0.851. The van der Waals surface area contributed by atoms with Gasteiger partial charge in [0.05, 0.1) is 19.8 Å². The van der Waals surface area contributed by atoms with Crippen molar-refractivity contribution in [3.05, 3.63) is 24.1 Å². The van der Waals surface area contributed by atoms with E-state index in [1.807, 2.05) is 4.90 Å². The molecule has 7 nitrogen and oxygen atoms in total. The first-order valence-electron chi connectivity index (χ1n) is 7.91. The molecule has 0 radical (unpaired) electrons. The number of methoxy groups -OCH3 is 1. The van der Waals surface area contributed by atoms with Gasteiger partial charge in [0, 0.05) is 12.1 Å². The summed E-state index contributed by atoms with van der Waals surface area (Å²) in [6, 6.07) is 4.44. The Kier molecular flexibility index (Phi) is 5.44. The summed E-state index contributed by atoms with van der Waals surface area (Å²) in [5.41, 5.74) is 0.562. The predicted molar refractivity (Wildman–Crippen MR) is 83.4 cm³/mol. The topological polar surface area (TPSA) is 80.9 Å². The molecule has 0 saturated carbocycles. The molecule has 1 aliphatic rings. The molecule has 1 N–H and O–H groups in total. The molecule has 1 saturated heterocycles. The van der Waals surface area contributed by atoms with Crippen molar-refractivity contribution in [2.24, 2.45) is 0 Å². The highest BCUT2D eigenvalue weighted by atomic mass is 19.3. The smallest absolute Gasteiger partial charge is 0.387 e. The van der Waals surface area contributed by atoms with Crippen LogP contribution in [0.5, 0.6) is 11.5 Å². The van der Waals surface area contributed by atoms with E-state index in [0.29, 0.717) is 30.4 Å². The molecule has 9 heteroatoms. The molecule has 2 heterocycles. The van der Waals surface area contributed by atoms with Crippen LogP contribution in [0, 0.1) is 0 Å². The van der Waals surface area contributed by atoms with Gasteiger partial charge in [0.2, 0.25) is 11.7 Å². The van der Waals surface area contributed by atoms with Gasteiger partial charge in [-0.05, 0) is 37.6 Å². The van der Waals surface area contributed by atoms with E-state index in [-0.39, 0.29) is 17.6 Å². The van der Waals surface area contributed by atoms with Crippen LogP contribution in [0.15, 0.2) is 22.7 Å². The first-order chi connectivity index (χ1) is 12.0. The zero-order valence-corrected chi connectivity index (χ0v) is 13.7. The fourth-order valence-electron chi connectivity index (χ4n) is 2.80. The van der Waals surface area contributed by atoms with Gasteiger partial charge in [-0.15, -0.1) is 0 Å². The fraction of sp³-hybridized carbons (Fsp3) is 0.500. The van der Waals surface area contributed by atoms with Gasteiger partial charge in [0.15, 0.2) is 11.5 Å². The Morgan fingerprint density at radius 1 is 1.40 bits per heavy atom. The summed E-state index contributed by atoms with van der Waals surface area (Å²) in [6.07, 6.45) is 1.39. The number of halogens is 2. The molecule has 1 aromatic carbocycles. The molecule has 0 spiro atoms. The molecule has 1 atom stereocenters. The van der Waals surface area contributed by atoms with Crippen molar-refractivity contribution in [1.29, 1.82) is 0 Å². The van der Waals surface area contributed by atoms with Gasteiger partial charge >= 0.3 is 6.61 Å². The van der Waals surface area contributed by atoms with Crippen molar-refractivity contribution in [1.82, 2.24) is 15.0 Å². The molecular weight excluding hydrogens is 336 g/mol. The van der Waals surface area contributed by atoms with Gasteiger partial charge in [-0.1, -0.05) is 5.16 Å². The number of hydrogen-bond donors (Lipinski definition) is 1. The fourth-order valence-corrected chi connectivity index (χ4v) is 2.80. The average molecular weight is 355 g/mol. The molecule has 1 aliphatic heterocycles. The zero-order chi connectivity index (χ0) is 17.8. The maximum atomic E-state index is 12.4. The molecule has 0 amide bonds. The van der Waals surface area contributed by atoms with Crippen molar-refractivity contribution in [2.75, 3.05) is 20.2 Å². The zero-order valence-electron chi connectivity index (χ0n) is 13.7. The average Bonchev–Trinajstić information content (AvgIpc) is 3.03. The molecule has 0 unspecified atom stereocenters. The van der Waals surface area contributed by atoms with Gasteiger partial charge in [-0.3, -0.25) is 4.90 Å². The molecular formula is C16H19F2N3O4. The third-order valence-corrected chi connectivity index (χ3v) is 3.95. The largest absolute Gasteiger partial charge is 0.493 e. The highest BCUT2D eigenvalue weighted by Gasteiger charge is 2.20. The second-order valence-corrected chi connectivity index (χ2v) is 5.79. The van der Waals surface area contributed by atoms with E-state index in [1.54, 1.807) is 6.07 Å². The van der Waals surface area contributed by atoms with Crippen LogP contribution in [-0.2, 0) is 6.54 Å². The number of aromatic nitrogens is 2. The lowest BCUT2D eigenvalue weighted by molar-refractivity contribution is -0.0512. The van der Waals surface area contributed by atoms with Crippen LogP contribution < -0.4 is 9.47 Å². The van der Waals surface area contributed by atoms with Gasteiger partial charge in [0.1, 0.15) is 0 Å². The van der Waals surface area contributed by atoms with Gasteiger partial charge < -0.3 is 19.1 Å². The SMILES string of the molecule is COc1cc(-c2noc(CN3CCC[C@H](O)C3)n2)ccc1OC(F)F. The van der Waals surface area contributed by atoms with Crippen molar-refractivity contribution in [3.8, 4) is 22.9 Å². The minimum Gasteiger partial charge on any atom is -0.493 e. The lowest BCUT2D eigenvalue weighted by atomic mass is 10.1. The lowest BCUT2D eigenvalue weighted by Crippen LogP contribution is -2.37. The highest BCUT2D eigenvalue weighted by Crippen LogP contribution is 2.32. The molecule has 25 heavy (non-hydrogen) atoms. The van der Waals surface area contributed by atoms with Crippen LogP contribution in [-0.4, -0.2) is 53.1 Å². The summed E-state index contributed by atoms with van der Waals surface area (Å²) in [5.74, 6) is 0.848. The first-order valence-corrected chi connectivity index (χ1v) is 7.91. The number of piperidine rings is 1. The van der Waals surface area contributed by atoms with Crippen LogP contribution in [0.3, 0.4) is 0 Å². The first kappa shape index (κ1) is 17.6. The number of nitrogens with zero attached hydrogens (tertiary/aromatic N) is 3. The molecule has 2 aromatic rings. The van der Waals surface area contributed by atoms with E-state index < -0.39 is 6.61 Å². The number of aliphatic hydroxyl groups is 1. The van der Waals surface area contributed by atoms with Crippen molar-refractivity contribution in [2.45, 2.75) is 32.1 Å². The summed E-state index contributed by atoms with van der Waals surface area (Å²) < 4.78 is 39.5. The minimum absolute atomic E-state index is 0.0627. The number of hydrogen-bond acceptors (Lipinski definition) is 7. The minimum atomic E-state index is -2.93. The monoisotopic (exact) mass is 355 g/mol. The number of likely N-dealkylation sites (tertiary alicyclic amines) is 1. The summed E-state index contributed by atoms with van der Waals surface area (Å²) in [7, 11) is 1.36. The Hall–Kier alpha value is -2.26. The second-order valence-electron chi connectivity index (χ2n) is 5.79. The van der Waals surface area contributed by atoms with E-state index in [2.05, 4.69) is 14.9 Å². The Morgan fingerprint density at radius 3 is 2.96 bits per heavy atom. The van der Waals surface area contributed by atoms with E-state index in [0.717, 1.165) is 19.4 Å². The predicted octanol–water partition coefficient (Wildman–Crippen LogP) is 2.30. The van der Waals surface area contributed by atoms with Crippen molar-refractivity contribution >= 4 is 0 Å². The molecule has 3 rings (SSSR count). The highest BCUT2D eigenvalue weighted by molar-refractivity contribution is 5.60. The number of benzene rings is 1. The van der Waals surface area contributed by atoms with Crippen LogP contribution in [0.2, 0.25) is 0 Å². The third kappa shape index (κ3) is 4.43. The van der Waals surface area contributed by atoms with Gasteiger partial charge in [0.25, 0.3) is 0 Å². The number of ether oxygens (including phenoxy) is 2. The van der Waals surface area contributed by atoms with Gasteiger partial charge in [-0.25, -0.2) is 0 Å². The maximum Gasteiger partial charge on any atom is 0.387 e. The Labute approximate surface area is 143 Å². The number of rotatable bonds is 6. The molecule has 1 fully saturated rings. The molecule has 1 aromatic heterocycles. The Balaban J connectivity index is 1.73. The Morgan fingerprint density at radius 2 is 2.24 bits per heavy atom. The molecule has 0 bridgehead atoms. The van der Waals surface area contributed by atoms with E-state index in [1.165, 1.54) is 19.2 Å². The summed E-state index contributed by atoms with van der Waals surface area (Å²) >= 11 is 0. The Bertz CT molecular complexity index is 710. The van der Waals surface area contributed by atoms with Crippen molar-refractivity contribution in [3.63, 3.8) is 0 Å². The van der Waals surface area contributed by atoms with Crippen LogP contribution in [0.25, 0.3) is 11.4 Å².